The summed E-state index contributed by atoms with van der Waals surface area (Å²) in [7, 11) is 0. The number of carbonyl (C=O) groups is 1. The van der Waals surface area contributed by atoms with Crippen LogP contribution in [0.15, 0.2) is 30.3 Å². The minimum absolute atomic E-state index is 0.00804. The number of hydrogen-bond acceptors (Lipinski definition) is 3. The average Bonchev–Trinajstić information content (AvgIpc) is 2.96. The Hall–Kier alpha value is -2.21. The van der Waals surface area contributed by atoms with Gasteiger partial charge in [-0.15, -0.1) is 0 Å². The highest BCUT2D eigenvalue weighted by molar-refractivity contribution is 7.80. The first-order valence-electron chi connectivity index (χ1n) is 7.28. The van der Waals surface area contributed by atoms with Crippen molar-refractivity contribution in [3.63, 3.8) is 0 Å². The van der Waals surface area contributed by atoms with Crippen LogP contribution >= 0.6 is 12.2 Å². The Kier molecular flexibility index (Phi) is 3.70. The molecule has 2 aromatic rings. The number of carbonyl (C=O) groups excluding carboxylic acids is 1. The Morgan fingerprint density at radius 1 is 1.27 bits per heavy atom. The van der Waals surface area contributed by atoms with Crippen molar-refractivity contribution >= 4 is 23.2 Å². The molecule has 3 rings (SSSR count). The predicted octanol–water partition coefficient (Wildman–Crippen LogP) is 2.27. The van der Waals surface area contributed by atoms with Crippen LogP contribution in [0.2, 0.25) is 0 Å². The molecule has 0 aliphatic carbocycles. The SMILES string of the molecule is CCN1C(=O)[C@H](c2c(C)nn(-c3ccccc3)c2C)NC1=S. The lowest BCUT2D eigenvalue weighted by atomic mass is 10.0. The zero-order chi connectivity index (χ0) is 15.9. The van der Waals surface area contributed by atoms with E-state index in [1.807, 2.05) is 55.8 Å². The molecule has 0 saturated carbocycles. The van der Waals surface area contributed by atoms with Gasteiger partial charge in [0.05, 0.1) is 11.4 Å². The van der Waals surface area contributed by atoms with Crippen molar-refractivity contribution in [2.45, 2.75) is 26.8 Å². The number of nitrogens with zero attached hydrogens (tertiary/aromatic N) is 3. The van der Waals surface area contributed by atoms with E-state index in [1.54, 1.807) is 4.90 Å². The summed E-state index contributed by atoms with van der Waals surface area (Å²) in [5, 5.41) is 8.21. The zero-order valence-electron chi connectivity index (χ0n) is 12.8. The molecule has 5 nitrogen and oxygen atoms in total. The Morgan fingerprint density at radius 2 is 1.95 bits per heavy atom. The Morgan fingerprint density at radius 3 is 2.55 bits per heavy atom. The summed E-state index contributed by atoms with van der Waals surface area (Å²) in [6.07, 6.45) is 0. The minimum atomic E-state index is -0.440. The lowest BCUT2D eigenvalue weighted by Gasteiger charge is -2.11. The van der Waals surface area contributed by atoms with Crippen LogP contribution in [0.3, 0.4) is 0 Å². The van der Waals surface area contributed by atoms with E-state index in [9.17, 15) is 4.79 Å². The molecule has 1 aromatic heterocycles. The van der Waals surface area contributed by atoms with Crippen LogP contribution in [0, 0.1) is 13.8 Å². The largest absolute Gasteiger partial charge is 0.347 e. The van der Waals surface area contributed by atoms with Gasteiger partial charge < -0.3 is 5.32 Å². The van der Waals surface area contributed by atoms with E-state index in [2.05, 4.69) is 10.4 Å². The smallest absolute Gasteiger partial charge is 0.256 e. The maximum absolute atomic E-state index is 12.5. The fraction of sp³-hybridized carbons (Fsp3) is 0.312. The number of aryl methyl sites for hydroxylation is 1. The summed E-state index contributed by atoms with van der Waals surface area (Å²) >= 11 is 5.25. The lowest BCUT2D eigenvalue weighted by molar-refractivity contribution is -0.127. The predicted molar refractivity (Wildman–Crippen MR) is 88.9 cm³/mol. The van der Waals surface area contributed by atoms with Gasteiger partial charge in [-0.3, -0.25) is 9.69 Å². The fourth-order valence-corrected chi connectivity index (χ4v) is 3.24. The second-order valence-corrected chi connectivity index (χ2v) is 5.68. The van der Waals surface area contributed by atoms with Gasteiger partial charge in [-0.05, 0) is 45.1 Å². The van der Waals surface area contributed by atoms with Gasteiger partial charge in [0.25, 0.3) is 5.91 Å². The maximum Gasteiger partial charge on any atom is 0.256 e. The number of aromatic nitrogens is 2. The first-order chi connectivity index (χ1) is 10.5. The number of rotatable bonds is 3. The van der Waals surface area contributed by atoms with Crippen molar-refractivity contribution in [3.05, 3.63) is 47.3 Å². The molecule has 1 fully saturated rings. The second kappa shape index (κ2) is 5.53. The van der Waals surface area contributed by atoms with E-state index in [0.29, 0.717) is 11.7 Å². The molecular formula is C16H18N4OS. The number of nitrogens with one attached hydrogen (secondary N) is 1. The van der Waals surface area contributed by atoms with E-state index in [1.165, 1.54) is 0 Å². The number of likely N-dealkylation sites (N-methyl/N-ethyl adjacent to an activating group) is 1. The molecule has 22 heavy (non-hydrogen) atoms. The third-order valence-electron chi connectivity index (χ3n) is 3.98. The number of amides is 1. The summed E-state index contributed by atoms with van der Waals surface area (Å²) in [4.78, 5) is 14.1. The Labute approximate surface area is 134 Å². The van der Waals surface area contributed by atoms with E-state index < -0.39 is 6.04 Å². The molecule has 6 heteroatoms. The van der Waals surface area contributed by atoms with E-state index in [4.69, 9.17) is 12.2 Å². The van der Waals surface area contributed by atoms with Crippen molar-refractivity contribution in [2.24, 2.45) is 0 Å². The van der Waals surface area contributed by atoms with Crippen molar-refractivity contribution in [1.29, 1.82) is 0 Å². The summed E-state index contributed by atoms with van der Waals surface area (Å²) in [5.74, 6) is -0.00804. The van der Waals surface area contributed by atoms with Crippen LogP contribution in [0.5, 0.6) is 0 Å². The highest BCUT2D eigenvalue weighted by atomic mass is 32.1. The fourth-order valence-electron chi connectivity index (χ4n) is 2.91. The molecule has 2 heterocycles. The molecule has 1 aliphatic heterocycles. The quantitative estimate of drug-likeness (QED) is 0.883. The van der Waals surface area contributed by atoms with Crippen molar-refractivity contribution in [1.82, 2.24) is 20.0 Å². The van der Waals surface area contributed by atoms with Gasteiger partial charge in [0.15, 0.2) is 5.11 Å². The standard InChI is InChI=1S/C16H18N4OS/c1-4-19-15(21)14(17-16(19)22)13-10(2)18-20(11(13)3)12-8-6-5-7-9-12/h5-9,14H,4H2,1-3H3,(H,17,22)/t14-/m0/s1. The first-order valence-corrected chi connectivity index (χ1v) is 7.68. The molecule has 1 N–H and O–H groups in total. The maximum atomic E-state index is 12.5. The molecule has 114 valence electrons. The van der Waals surface area contributed by atoms with Crippen LogP contribution in [0.1, 0.15) is 29.9 Å². The molecule has 0 spiro atoms. The van der Waals surface area contributed by atoms with Gasteiger partial charge >= 0.3 is 0 Å². The van der Waals surface area contributed by atoms with Crippen molar-refractivity contribution in [3.8, 4) is 5.69 Å². The minimum Gasteiger partial charge on any atom is -0.347 e. The molecule has 1 atom stereocenters. The number of benzene rings is 1. The van der Waals surface area contributed by atoms with Crippen LogP contribution in [-0.2, 0) is 4.79 Å². The molecular weight excluding hydrogens is 296 g/mol. The van der Waals surface area contributed by atoms with Crippen LogP contribution in [0.25, 0.3) is 5.69 Å². The third-order valence-corrected chi connectivity index (χ3v) is 4.32. The normalized spacial score (nSPS) is 18.0. The van der Waals surface area contributed by atoms with Crippen molar-refractivity contribution < 1.29 is 4.79 Å². The Balaban J connectivity index is 2.05. The summed E-state index contributed by atoms with van der Waals surface area (Å²) in [5.41, 5.74) is 3.69. The number of thiocarbonyl (C=S) groups is 1. The summed E-state index contributed by atoms with van der Waals surface area (Å²) in [6, 6.07) is 9.46. The molecule has 0 radical (unpaired) electrons. The first kappa shape index (κ1) is 14.7. The molecule has 1 amide bonds. The molecule has 0 bridgehead atoms. The van der Waals surface area contributed by atoms with Gasteiger partial charge in [-0.25, -0.2) is 4.68 Å². The Bertz CT molecular complexity index is 738. The van der Waals surface area contributed by atoms with Gasteiger partial charge in [-0.2, -0.15) is 5.10 Å². The van der Waals surface area contributed by atoms with E-state index >= 15 is 0 Å². The molecule has 1 saturated heterocycles. The number of hydrogen-bond donors (Lipinski definition) is 1. The monoisotopic (exact) mass is 314 g/mol. The van der Waals surface area contributed by atoms with Gasteiger partial charge in [0, 0.05) is 17.8 Å². The van der Waals surface area contributed by atoms with E-state index in [0.717, 1.165) is 22.6 Å². The van der Waals surface area contributed by atoms with Gasteiger partial charge in [0.2, 0.25) is 0 Å². The molecule has 1 aromatic carbocycles. The topological polar surface area (TPSA) is 50.2 Å². The molecule has 0 unspecified atom stereocenters. The average molecular weight is 314 g/mol. The third kappa shape index (κ3) is 2.20. The van der Waals surface area contributed by atoms with Crippen LogP contribution in [-0.4, -0.2) is 32.2 Å². The second-order valence-electron chi connectivity index (χ2n) is 5.30. The van der Waals surface area contributed by atoms with Gasteiger partial charge in [-0.1, -0.05) is 18.2 Å². The molecule has 1 aliphatic rings. The summed E-state index contributed by atoms with van der Waals surface area (Å²) < 4.78 is 1.87. The lowest BCUT2D eigenvalue weighted by Crippen LogP contribution is -2.30. The highest BCUT2D eigenvalue weighted by Gasteiger charge is 2.38. The van der Waals surface area contributed by atoms with E-state index in [-0.39, 0.29) is 5.91 Å². The highest BCUT2D eigenvalue weighted by Crippen LogP contribution is 2.28. The summed E-state index contributed by atoms with van der Waals surface area (Å²) in [6.45, 7) is 6.40. The van der Waals surface area contributed by atoms with Crippen molar-refractivity contribution in [2.75, 3.05) is 6.54 Å². The number of para-hydroxylation sites is 1. The van der Waals surface area contributed by atoms with Gasteiger partial charge in [0.1, 0.15) is 6.04 Å². The van der Waals surface area contributed by atoms with Crippen LogP contribution in [0.4, 0.5) is 0 Å². The van der Waals surface area contributed by atoms with Crippen LogP contribution < -0.4 is 5.32 Å². The zero-order valence-corrected chi connectivity index (χ0v) is 13.6.